The molecule has 1 amide bonds. The maximum absolute atomic E-state index is 12.5. The maximum Gasteiger partial charge on any atom is 0.416 e. The van der Waals surface area contributed by atoms with Crippen LogP contribution in [0, 0.1) is 0 Å². The fraction of sp³-hybridized carbons (Fsp3) is 0.562. The number of carbonyl (C=O) groups excluding carboxylic acids is 1. The first kappa shape index (κ1) is 17.7. The number of hydrogen-bond donors (Lipinski definition) is 1. The largest absolute Gasteiger partial charge is 0.416 e. The molecule has 1 aromatic carbocycles. The summed E-state index contributed by atoms with van der Waals surface area (Å²) in [6, 6.07) is 4.20. The molecule has 1 atom stereocenters. The maximum atomic E-state index is 12.5. The van der Waals surface area contributed by atoms with Gasteiger partial charge in [0.15, 0.2) is 0 Å². The van der Waals surface area contributed by atoms with Gasteiger partial charge in [0.2, 0.25) is 5.91 Å². The molecule has 0 spiro atoms. The van der Waals surface area contributed by atoms with Crippen LogP contribution in [0.1, 0.15) is 19.4 Å². The van der Waals surface area contributed by atoms with E-state index in [1.807, 2.05) is 6.92 Å². The Morgan fingerprint density at radius 3 is 2.22 bits per heavy atom. The highest BCUT2D eigenvalue weighted by Crippen LogP contribution is 2.29. The van der Waals surface area contributed by atoms with Crippen LogP contribution >= 0.6 is 0 Å². The lowest BCUT2D eigenvalue weighted by atomic mass is 10.2. The van der Waals surface area contributed by atoms with Gasteiger partial charge < -0.3 is 10.2 Å². The minimum atomic E-state index is -4.37. The predicted octanol–water partition coefficient (Wildman–Crippen LogP) is 2.67. The van der Waals surface area contributed by atoms with E-state index in [1.165, 1.54) is 12.1 Å². The quantitative estimate of drug-likeness (QED) is 0.922. The summed E-state index contributed by atoms with van der Waals surface area (Å²) >= 11 is 0. The number of rotatable bonds is 4. The van der Waals surface area contributed by atoms with Crippen molar-refractivity contribution in [1.82, 2.24) is 9.80 Å². The van der Waals surface area contributed by atoms with Crippen LogP contribution in [0.25, 0.3) is 0 Å². The summed E-state index contributed by atoms with van der Waals surface area (Å²) in [5, 5.41) is 2.68. The molecule has 1 aliphatic rings. The molecule has 0 saturated carbocycles. The van der Waals surface area contributed by atoms with Gasteiger partial charge in [-0.25, -0.2) is 0 Å². The molecule has 1 N–H and O–H groups in total. The van der Waals surface area contributed by atoms with Crippen LogP contribution in [0.3, 0.4) is 0 Å². The topological polar surface area (TPSA) is 35.6 Å². The van der Waals surface area contributed by atoms with Crippen LogP contribution < -0.4 is 5.32 Å². The minimum absolute atomic E-state index is 0.199. The van der Waals surface area contributed by atoms with Crippen molar-refractivity contribution in [1.29, 1.82) is 0 Å². The molecule has 7 heteroatoms. The number of nitrogens with zero attached hydrogens (tertiary/aromatic N) is 2. The number of halogens is 3. The third-order valence-corrected chi connectivity index (χ3v) is 4.26. The highest BCUT2D eigenvalue weighted by molar-refractivity contribution is 5.94. The molecular formula is C16H22F3N3O. The van der Waals surface area contributed by atoms with E-state index in [4.69, 9.17) is 0 Å². The van der Waals surface area contributed by atoms with Crippen LogP contribution in [0.5, 0.6) is 0 Å². The van der Waals surface area contributed by atoms with Crippen LogP contribution in [-0.4, -0.2) is 54.5 Å². The van der Waals surface area contributed by atoms with Crippen molar-refractivity contribution in [3.63, 3.8) is 0 Å². The van der Waals surface area contributed by atoms with Crippen molar-refractivity contribution in [2.75, 3.05) is 38.0 Å². The number of benzene rings is 1. The second-order valence-corrected chi connectivity index (χ2v) is 5.71. The average molecular weight is 329 g/mol. The van der Waals surface area contributed by atoms with Crippen molar-refractivity contribution in [2.24, 2.45) is 0 Å². The van der Waals surface area contributed by atoms with Crippen LogP contribution in [-0.2, 0) is 11.0 Å². The zero-order valence-corrected chi connectivity index (χ0v) is 13.4. The molecule has 1 aliphatic heterocycles. The van der Waals surface area contributed by atoms with Gasteiger partial charge in [0, 0.05) is 31.9 Å². The fourth-order valence-corrected chi connectivity index (χ4v) is 2.62. The van der Waals surface area contributed by atoms with Gasteiger partial charge in [-0.1, -0.05) is 6.92 Å². The van der Waals surface area contributed by atoms with Gasteiger partial charge in [-0.2, -0.15) is 13.2 Å². The van der Waals surface area contributed by atoms with Crippen molar-refractivity contribution >= 4 is 11.6 Å². The van der Waals surface area contributed by atoms with Crippen molar-refractivity contribution in [2.45, 2.75) is 26.1 Å². The predicted molar refractivity (Wildman–Crippen MR) is 83.2 cm³/mol. The number of piperazine rings is 1. The average Bonchev–Trinajstić information content (AvgIpc) is 2.54. The highest BCUT2D eigenvalue weighted by Gasteiger charge is 2.30. The van der Waals surface area contributed by atoms with Gasteiger partial charge >= 0.3 is 6.18 Å². The molecule has 0 aliphatic carbocycles. The number of amides is 1. The Kier molecular flexibility index (Phi) is 5.64. The molecule has 2 rings (SSSR count). The van der Waals surface area contributed by atoms with Gasteiger partial charge in [-0.15, -0.1) is 0 Å². The highest BCUT2D eigenvalue weighted by atomic mass is 19.4. The van der Waals surface area contributed by atoms with E-state index in [0.717, 1.165) is 44.9 Å². The Balaban J connectivity index is 1.91. The third kappa shape index (κ3) is 4.68. The van der Waals surface area contributed by atoms with Crippen LogP contribution in [0.2, 0.25) is 0 Å². The van der Waals surface area contributed by atoms with Gasteiger partial charge in [0.1, 0.15) is 0 Å². The molecule has 0 aromatic heterocycles. The Morgan fingerprint density at radius 1 is 1.17 bits per heavy atom. The number of carbonyl (C=O) groups is 1. The summed E-state index contributed by atoms with van der Waals surface area (Å²) in [5.74, 6) is -0.199. The molecule has 1 fully saturated rings. The van der Waals surface area contributed by atoms with Crippen LogP contribution in [0.4, 0.5) is 18.9 Å². The number of likely N-dealkylation sites (N-methyl/N-ethyl adjacent to an activating group) is 1. The normalized spacial score (nSPS) is 18.7. The number of alkyl halides is 3. The molecule has 1 saturated heterocycles. The van der Waals surface area contributed by atoms with E-state index in [0.29, 0.717) is 5.69 Å². The third-order valence-electron chi connectivity index (χ3n) is 4.26. The molecule has 0 bridgehead atoms. The fourth-order valence-electron chi connectivity index (χ4n) is 2.62. The summed E-state index contributed by atoms with van der Waals surface area (Å²) in [6.07, 6.45) is -4.37. The van der Waals surface area contributed by atoms with E-state index >= 15 is 0 Å². The lowest BCUT2D eigenvalue weighted by molar-refractivity contribution is -0.137. The van der Waals surface area contributed by atoms with Crippen LogP contribution in [0.15, 0.2) is 24.3 Å². The van der Waals surface area contributed by atoms with E-state index in [2.05, 4.69) is 22.0 Å². The second kappa shape index (κ2) is 7.31. The zero-order chi connectivity index (χ0) is 17.0. The van der Waals surface area contributed by atoms with Gasteiger partial charge in [-0.3, -0.25) is 9.69 Å². The van der Waals surface area contributed by atoms with Gasteiger partial charge in [0.05, 0.1) is 11.6 Å². The summed E-state index contributed by atoms with van der Waals surface area (Å²) in [5.41, 5.74) is -0.346. The number of nitrogens with one attached hydrogen (secondary N) is 1. The Morgan fingerprint density at radius 2 is 1.74 bits per heavy atom. The first-order chi connectivity index (χ1) is 10.8. The number of hydrogen-bond acceptors (Lipinski definition) is 3. The SMILES string of the molecule is CCN1CCN(C(C)C(=O)Nc2ccc(C(F)(F)F)cc2)CC1. The Hall–Kier alpha value is -1.60. The van der Waals surface area contributed by atoms with Crippen molar-refractivity contribution in [3.05, 3.63) is 29.8 Å². The van der Waals surface area contributed by atoms with Gasteiger partial charge in [0.25, 0.3) is 0 Å². The Bertz CT molecular complexity index is 522. The van der Waals surface area contributed by atoms with Crippen molar-refractivity contribution in [3.8, 4) is 0 Å². The van der Waals surface area contributed by atoms with E-state index in [-0.39, 0.29) is 11.9 Å². The molecule has 1 heterocycles. The molecule has 1 aromatic rings. The van der Waals surface area contributed by atoms with E-state index in [1.54, 1.807) is 0 Å². The van der Waals surface area contributed by atoms with E-state index < -0.39 is 11.7 Å². The van der Waals surface area contributed by atoms with Gasteiger partial charge in [-0.05, 0) is 37.7 Å². The summed E-state index contributed by atoms with van der Waals surface area (Å²) in [6.45, 7) is 8.41. The summed E-state index contributed by atoms with van der Waals surface area (Å²) in [7, 11) is 0. The Labute approximate surface area is 134 Å². The monoisotopic (exact) mass is 329 g/mol. The lowest BCUT2D eigenvalue weighted by Crippen LogP contribution is -2.52. The standard InChI is InChI=1S/C16H22F3N3O/c1-3-21-8-10-22(11-9-21)12(2)15(23)20-14-6-4-13(5-7-14)16(17,18)19/h4-7,12H,3,8-11H2,1-2H3,(H,20,23). The molecule has 0 radical (unpaired) electrons. The molecule has 23 heavy (non-hydrogen) atoms. The first-order valence-corrected chi connectivity index (χ1v) is 7.75. The minimum Gasteiger partial charge on any atom is -0.325 e. The lowest BCUT2D eigenvalue weighted by Gasteiger charge is -2.36. The summed E-state index contributed by atoms with van der Waals surface area (Å²) < 4.78 is 37.5. The summed E-state index contributed by atoms with van der Waals surface area (Å²) in [4.78, 5) is 16.7. The van der Waals surface area contributed by atoms with Crippen molar-refractivity contribution < 1.29 is 18.0 Å². The smallest absolute Gasteiger partial charge is 0.325 e. The molecule has 128 valence electrons. The second-order valence-electron chi connectivity index (χ2n) is 5.71. The molecular weight excluding hydrogens is 307 g/mol. The number of anilines is 1. The molecule has 1 unspecified atom stereocenters. The molecule has 4 nitrogen and oxygen atoms in total. The first-order valence-electron chi connectivity index (χ1n) is 7.75. The van der Waals surface area contributed by atoms with E-state index in [9.17, 15) is 18.0 Å². The zero-order valence-electron chi connectivity index (χ0n) is 13.4.